The van der Waals surface area contributed by atoms with E-state index in [0.29, 0.717) is 17.5 Å². The van der Waals surface area contributed by atoms with Gasteiger partial charge in [0.05, 0.1) is 0 Å². The van der Waals surface area contributed by atoms with Crippen molar-refractivity contribution in [2.75, 3.05) is 11.9 Å². The second-order valence-corrected chi connectivity index (χ2v) is 6.45. The van der Waals surface area contributed by atoms with Gasteiger partial charge in [0.25, 0.3) is 5.89 Å². The van der Waals surface area contributed by atoms with E-state index in [0.717, 1.165) is 29.1 Å². The van der Waals surface area contributed by atoms with Crippen LogP contribution >= 0.6 is 0 Å². The Morgan fingerprint density at radius 2 is 1.79 bits per heavy atom. The van der Waals surface area contributed by atoms with E-state index >= 15 is 0 Å². The van der Waals surface area contributed by atoms with E-state index in [1.54, 1.807) is 6.92 Å². The molecule has 1 saturated carbocycles. The van der Waals surface area contributed by atoms with Crippen molar-refractivity contribution in [3.8, 4) is 11.6 Å². The highest BCUT2D eigenvalue weighted by atomic mass is 16.4. The number of nitrogens with zero attached hydrogens (tertiary/aromatic N) is 4. The molecule has 2 aromatic heterocycles. The van der Waals surface area contributed by atoms with E-state index in [1.807, 2.05) is 18.2 Å². The number of rotatable bonds is 4. The third-order valence-electron chi connectivity index (χ3n) is 4.70. The highest BCUT2D eigenvalue weighted by Crippen LogP contribution is 2.30. The molecule has 1 aliphatic carbocycles. The van der Waals surface area contributed by atoms with Crippen molar-refractivity contribution in [2.45, 2.75) is 39.0 Å². The number of hydrogen-bond donors (Lipinski definition) is 1. The largest absolute Gasteiger partial charge is 0.420 e. The van der Waals surface area contributed by atoms with Crippen LogP contribution in [0.3, 0.4) is 0 Å². The molecule has 1 fully saturated rings. The Kier molecular flexibility index (Phi) is 4.11. The molecule has 0 saturated heterocycles. The molecule has 0 spiro atoms. The van der Waals surface area contributed by atoms with Crippen molar-refractivity contribution < 1.29 is 4.42 Å². The number of hydrogen-bond acceptors (Lipinski definition) is 6. The topological polar surface area (TPSA) is 76.7 Å². The van der Waals surface area contributed by atoms with Gasteiger partial charge in [0.2, 0.25) is 5.89 Å². The zero-order valence-corrected chi connectivity index (χ0v) is 13.8. The molecular formula is C18H21N5O. The van der Waals surface area contributed by atoms with E-state index in [-0.39, 0.29) is 0 Å². The van der Waals surface area contributed by atoms with Crippen LogP contribution < -0.4 is 5.32 Å². The Morgan fingerprint density at radius 1 is 1.00 bits per heavy atom. The molecule has 6 heteroatoms. The predicted molar refractivity (Wildman–Crippen MR) is 92.6 cm³/mol. The number of aromatic nitrogens is 4. The average molecular weight is 323 g/mol. The molecule has 4 rings (SSSR count). The smallest absolute Gasteiger partial charge is 0.268 e. The normalized spacial score (nSPS) is 15.7. The van der Waals surface area contributed by atoms with Gasteiger partial charge in [-0.15, -0.1) is 20.4 Å². The van der Waals surface area contributed by atoms with E-state index in [4.69, 9.17) is 4.42 Å². The van der Waals surface area contributed by atoms with E-state index < -0.39 is 0 Å². The highest BCUT2D eigenvalue weighted by molar-refractivity contribution is 5.98. The van der Waals surface area contributed by atoms with Crippen LogP contribution in [0.2, 0.25) is 0 Å². The molecule has 124 valence electrons. The molecule has 2 heterocycles. The standard InChI is InChI=1S/C18H21N5O/c1-12-20-23-18(24-12)16-14-9-5-6-10-15(14)17(22-21-16)19-11-13-7-3-2-4-8-13/h5-6,9-10,13H,2-4,7-8,11H2,1H3,(H,19,22). The van der Waals surface area contributed by atoms with Crippen molar-refractivity contribution >= 4 is 16.6 Å². The second kappa shape index (κ2) is 6.55. The lowest BCUT2D eigenvalue weighted by Gasteiger charge is -2.22. The summed E-state index contributed by atoms with van der Waals surface area (Å²) in [6.45, 7) is 2.73. The summed E-state index contributed by atoms with van der Waals surface area (Å²) in [5.41, 5.74) is 0.634. The van der Waals surface area contributed by atoms with Gasteiger partial charge in [0.1, 0.15) is 0 Å². The van der Waals surface area contributed by atoms with Crippen molar-refractivity contribution in [1.29, 1.82) is 0 Å². The maximum absolute atomic E-state index is 5.53. The molecule has 1 N–H and O–H groups in total. The second-order valence-electron chi connectivity index (χ2n) is 6.45. The summed E-state index contributed by atoms with van der Waals surface area (Å²) < 4.78 is 5.53. The number of fused-ring (bicyclic) bond motifs is 1. The quantitative estimate of drug-likeness (QED) is 0.782. The van der Waals surface area contributed by atoms with Crippen LogP contribution in [-0.4, -0.2) is 26.9 Å². The minimum atomic E-state index is 0.412. The van der Waals surface area contributed by atoms with Crippen molar-refractivity contribution in [2.24, 2.45) is 5.92 Å². The average Bonchev–Trinajstić information content (AvgIpc) is 3.06. The third kappa shape index (κ3) is 2.96. The van der Waals surface area contributed by atoms with E-state index in [1.165, 1.54) is 32.1 Å². The first-order chi connectivity index (χ1) is 11.8. The Bertz CT molecular complexity index is 838. The van der Waals surface area contributed by atoms with Crippen LogP contribution in [0.15, 0.2) is 28.7 Å². The molecule has 1 aliphatic rings. The Balaban J connectivity index is 1.65. The molecule has 0 aliphatic heterocycles. The maximum Gasteiger partial charge on any atom is 0.268 e. The van der Waals surface area contributed by atoms with Gasteiger partial charge in [0, 0.05) is 24.2 Å². The van der Waals surface area contributed by atoms with Crippen LogP contribution in [-0.2, 0) is 0 Å². The summed E-state index contributed by atoms with van der Waals surface area (Å²) in [6.07, 6.45) is 6.66. The summed E-state index contributed by atoms with van der Waals surface area (Å²) in [4.78, 5) is 0. The fourth-order valence-electron chi connectivity index (χ4n) is 3.42. The molecule has 24 heavy (non-hydrogen) atoms. The summed E-state index contributed by atoms with van der Waals surface area (Å²) in [7, 11) is 0. The first kappa shape index (κ1) is 15.1. The molecule has 0 atom stereocenters. The van der Waals surface area contributed by atoms with Crippen LogP contribution in [0.5, 0.6) is 0 Å². The van der Waals surface area contributed by atoms with Crippen LogP contribution in [0.1, 0.15) is 38.0 Å². The lowest BCUT2D eigenvalue weighted by atomic mass is 9.89. The first-order valence-electron chi connectivity index (χ1n) is 8.61. The zero-order chi connectivity index (χ0) is 16.4. The zero-order valence-electron chi connectivity index (χ0n) is 13.8. The van der Waals surface area contributed by atoms with Gasteiger partial charge in [0.15, 0.2) is 11.5 Å². The fraction of sp³-hybridized carbons (Fsp3) is 0.444. The molecule has 0 unspecified atom stereocenters. The van der Waals surface area contributed by atoms with Crippen LogP contribution in [0.4, 0.5) is 5.82 Å². The molecule has 0 bridgehead atoms. The Labute approximate surface area is 140 Å². The maximum atomic E-state index is 5.53. The SMILES string of the molecule is Cc1nnc(-c2nnc(NCC3CCCCC3)c3ccccc23)o1. The lowest BCUT2D eigenvalue weighted by Crippen LogP contribution is -2.18. The predicted octanol–water partition coefficient (Wildman–Crippen LogP) is 3.98. The van der Waals surface area contributed by atoms with Crippen molar-refractivity contribution in [1.82, 2.24) is 20.4 Å². The highest BCUT2D eigenvalue weighted by Gasteiger charge is 2.17. The Hall–Kier alpha value is -2.50. The van der Waals surface area contributed by atoms with Crippen LogP contribution in [0.25, 0.3) is 22.4 Å². The number of anilines is 1. The summed E-state index contributed by atoms with van der Waals surface area (Å²) >= 11 is 0. The summed E-state index contributed by atoms with van der Waals surface area (Å²) in [5.74, 6) is 2.50. The van der Waals surface area contributed by atoms with Gasteiger partial charge in [-0.1, -0.05) is 43.5 Å². The molecule has 0 radical (unpaired) electrons. The first-order valence-corrected chi connectivity index (χ1v) is 8.61. The van der Waals surface area contributed by atoms with Gasteiger partial charge in [-0.3, -0.25) is 0 Å². The molecule has 3 aromatic rings. The molecule has 0 amide bonds. The lowest BCUT2D eigenvalue weighted by molar-refractivity contribution is 0.373. The minimum Gasteiger partial charge on any atom is -0.420 e. The van der Waals surface area contributed by atoms with E-state index in [2.05, 4.69) is 31.8 Å². The summed E-state index contributed by atoms with van der Waals surface area (Å²) in [6, 6.07) is 8.07. The molecule has 6 nitrogen and oxygen atoms in total. The van der Waals surface area contributed by atoms with Crippen molar-refractivity contribution in [3.63, 3.8) is 0 Å². The van der Waals surface area contributed by atoms with Gasteiger partial charge in [-0.05, 0) is 18.8 Å². The van der Waals surface area contributed by atoms with Gasteiger partial charge in [-0.2, -0.15) is 0 Å². The van der Waals surface area contributed by atoms with Crippen LogP contribution in [0, 0.1) is 12.8 Å². The number of benzene rings is 1. The number of nitrogens with one attached hydrogen (secondary N) is 1. The van der Waals surface area contributed by atoms with Gasteiger partial charge in [-0.25, -0.2) is 0 Å². The molecular weight excluding hydrogens is 302 g/mol. The molecule has 1 aromatic carbocycles. The monoisotopic (exact) mass is 323 g/mol. The number of aryl methyl sites for hydroxylation is 1. The van der Waals surface area contributed by atoms with Crippen molar-refractivity contribution in [3.05, 3.63) is 30.2 Å². The summed E-state index contributed by atoms with van der Waals surface area (Å²) in [5, 5.41) is 22.2. The third-order valence-corrected chi connectivity index (χ3v) is 4.70. The Morgan fingerprint density at radius 3 is 2.54 bits per heavy atom. The van der Waals surface area contributed by atoms with Gasteiger partial charge >= 0.3 is 0 Å². The van der Waals surface area contributed by atoms with E-state index in [9.17, 15) is 0 Å². The fourth-order valence-corrected chi connectivity index (χ4v) is 3.42. The van der Waals surface area contributed by atoms with Gasteiger partial charge < -0.3 is 9.73 Å². The minimum absolute atomic E-state index is 0.412.